The molecule has 0 heterocycles. The summed E-state index contributed by atoms with van der Waals surface area (Å²) < 4.78 is 6.69. The van der Waals surface area contributed by atoms with Crippen LogP contribution in [0.4, 0.5) is 0 Å². The van der Waals surface area contributed by atoms with Gasteiger partial charge in [-0.1, -0.05) is 74.5 Å². The summed E-state index contributed by atoms with van der Waals surface area (Å²) in [5.41, 5.74) is 0. The van der Waals surface area contributed by atoms with Crippen LogP contribution in [0.3, 0.4) is 0 Å². The van der Waals surface area contributed by atoms with Crippen LogP contribution in [0.25, 0.3) is 0 Å². The molecule has 0 aliphatic rings. The average molecular weight is 311 g/mol. The molecule has 0 radical (unpaired) electrons. The molecule has 1 nitrogen and oxygen atoms in total. The molecule has 22 heavy (non-hydrogen) atoms. The zero-order valence-electron chi connectivity index (χ0n) is 13.9. The van der Waals surface area contributed by atoms with Gasteiger partial charge in [0.1, 0.15) is 0 Å². The molecule has 0 spiro atoms. The molecule has 0 amide bonds. The Morgan fingerprint density at radius 1 is 0.909 bits per heavy atom. The second-order valence-corrected chi connectivity index (χ2v) is 9.12. The van der Waals surface area contributed by atoms with Crippen LogP contribution < -0.4 is 10.4 Å². The van der Waals surface area contributed by atoms with E-state index in [-0.39, 0.29) is 0 Å². The van der Waals surface area contributed by atoms with Crippen LogP contribution in [0.15, 0.2) is 72.5 Å². The van der Waals surface area contributed by atoms with Gasteiger partial charge in [0.05, 0.1) is 5.76 Å². The Bertz CT molecular complexity index is 550. The maximum atomic E-state index is 6.69. The third-order valence-electron chi connectivity index (χ3n) is 3.91. The topological polar surface area (TPSA) is 9.23 Å². The van der Waals surface area contributed by atoms with Crippen LogP contribution >= 0.6 is 0 Å². The highest BCUT2D eigenvalue weighted by Crippen LogP contribution is 2.17. The molecule has 2 aromatic carbocycles. The minimum Gasteiger partial charge on any atom is -0.538 e. The molecule has 2 heteroatoms. The first-order valence-electron chi connectivity index (χ1n) is 8.19. The summed E-state index contributed by atoms with van der Waals surface area (Å²) in [6.07, 6.45) is 5.38. The van der Waals surface area contributed by atoms with Gasteiger partial charge in [0, 0.05) is 6.42 Å². The summed E-state index contributed by atoms with van der Waals surface area (Å²) in [6, 6.07) is 21.4. The lowest BCUT2D eigenvalue weighted by atomic mass is 10.2. The van der Waals surface area contributed by atoms with Gasteiger partial charge in [0.15, 0.2) is 0 Å². The van der Waals surface area contributed by atoms with Crippen LogP contribution in [-0.4, -0.2) is 8.32 Å². The maximum Gasteiger partial charge on any atom is 0.311 e. The quantitative estimate of drug-likeness (QED) is 0.541. The molecule has 0 aliphatic carbocycles. The van der Waals surface area contributed by atoms with Gasteiger partial charge in [-0.3, -0.25) is 0 Å². The zero-order chi connectivity index (χ0) is 15.8. The molecular formula is C20H26OSi. The van der Waals surface area contributed by atoms with Gasteiger partial charge in [-0.15, -0.1) is 0 Å². The van der Waals surface area contributed by atoms with E-state index in [0.29, 0.717) is 0 Å². The van der Waals surface area contributed by atoms with Crippen LogP contribution in [0.2, 0.25) is 6.55 Å². The van der Waals surface area contributed by atoms with E-state index in [1.807, 2.05) is 0 Å². The Morgan fingerprint density at radius 3 is 1.82 bits per heavy atom. The van der Waals surface area contributed by atoms with Crippen molar-refractivity contribution in [3.63, 3.8) is 0 Å². The van der Waals surface area contributed by atoms with E-state index in [1.54, 1.807) is 0 Å². The lowest BCUT2D eigenvalue weighted by Gasteiger charge is -2.30. The molecule has 0 unspecified atom stereocenters. The van der Waals surface area contributed by atoms with Crippen molar-refractivity contribution in [2.75, 3.05) is 0 Å². The van der Waals surface area contributed by atoms with E-state index in [2.05, 4.69) is 87.1 Å². The fourth-order valence-electron chi connectivity index (χ4n) is 2.73. The summed E-state index contributed by atoms with van der Waals surface area (Å²) in [5.74, 6) is 1.15. The molecule has 0 N–H and O–H groups in total. The van der Waals surface area contributed by atoms with Crippen molar-refractivity contribution in [2.24, 2.45) is 0 Å². The Labute approximate surface area is 135 Å². The van der Waals surface area contributed by atoms with Gasteiger partial charge in [0.25, 0.3) is 0 Å². The van der Waals surface area contributed by atoms with Crippen molar-refractivity contribution in [1.82, 2.24) is 0 Å². The molecule has 0 aromatic heterocycles. The lowest BCUT2D eigenvalue weighted by Crippen LogP contribution is -2.58. The van der Waals surface area contributed by atoms with E-state index < -0.39 is 8.32 Å². The average Bonchev–Trinajstić information content (AvgIpc) is 2.57. The lowest BCUT2D eigenvalue weighted by molar-refractivity contribution is 0.405. The molecule has 0 aliphatic heterocycles. The first kappa shape index (κ1) is 16.6. The third kappa shape index (κ3) is 3.89. The Kier molecular flexibility index (Phi) is 6.02. The molecule has 2 rings (SSSR count). The van der Waals surface area contributed by atoms with Gasteiger partial charge >= 0.3 is 8.32 Å². The summed E-state index contributed by atoms with van der Waals surface area (Å²) in [4.78, 5) is 0. The number of benzene rings is 2. The van der Waals surface area contributed by atoms with Crippen LogP contribution in [-0.2, 0) is 4.43 Å². The summed E-state index contributed by atoms with van der Waals surface area (Å²) in [5, 5.41) is 2.64. The van der Waals surface area contributed by atoms with Gasteiger partial charge in [0.2, 0.25) is 0 Å². The molecule has 0 fully saturated rings. The minimum absolute atomic E-state index is 1.01. The van der Waals surface area contributed by atoms with Crippen LogP contribution in [0.5, 0.6) is 0 Å². The van der Waals surface area contributed by atoms with Crippen molar-refractivity contribution in [3.8, 4) is 0 Å². The molecule has 2 aromatic rings. The van der Waals surface area contributed by atoms with Gasteiger partial charge in [-0.25, -0.2) is 0 Å². The number of hydrogen-bond donors (Lipinski definition) is 0. The third-order valence-corrected chi connectivity index (χ3v) is 7.45. The Hall–Kier alpha value is -1.80. The molecular weight excluding hydrogens is 284 g/mol. The van der Waals surface area contributed by atoms with E-state index in [0.717, 1.165) is 25.0 Å². The van der Waals surface area contributed by atoms with E-state index >= 15 is 0 Å². The summed E-state index contributed by atoms with van der Waals surface area (Å²) in [6.45, 7) is 6.68. The van der Waals surface area contributed by atoms with Gasteiger partial charge in [-0.05, 0) is 35.8 Å². The second kappa shape index (κ2) is 8.00. The highest BCUT2D eigenvalue weighted by Gasteiger charge is 2.36. The van der Waals surface area contributed by atoms with Gasteiger partial charge in [-0.2, -0.15) is 0 Å². The molecule has 116 valence electrons. The minimum atomic E-state index is -2.21. The highest BCUT2D eigenvalue weighted by atomic mass is 28.4. The van der Waals surface area contributed by atoms with Crippen LogP contribution in [0, 0.1) is 0 Å². The largest absolute Gasteiger partial charge is 0.538 e. The van der Waals surface area contributed by atoms with Crippen molar-refractivity contribution < 1.29 is 4.43 Å². The highest BCUT2D eigenvalue weighted by molar-refractivity contribution is 6.96. The normalized spacial score (nSPS) is 12.2. The van der Waals surface area contributed by atoms with Crippen molar-refractivity contribution >= 4 is 18.7 Å². The molecule has 0 saturated heterocycles. The fourth-order valence-corrected chi connectivity index (χ4v) is 5.66. The molecule has 0 saturated carbocycles. The van der Waals surface area contributed by atoms with Crippen molar-refractivity contribution in [2.45, 2.75) is 39.7 Å². The van der Waals surface area contributed by atoms with Gasteiger partial charge < -0.3 is 4.43 Å². The molecule has 0 atom stereocenters. The number of hydrogen-bond acceptors (Lipinski definition) is 1. The Morgan fingerprint density at radius 2 is 1.41 bits per heavy atom. The van der Waals surface area contributed by atoms with E-state index in [4.69, 9.17) is 4.43 Å². The smallest absolute Gasteiger partial charge is 0.311 e. The van der Waals surface area contributed by atoms with Crippen molar-refractivity contribution in [3.05, 3.63) is 72.5 Å². The predicted molar refractivity (Wildman–Crippen MR) is 98.1 cm³/mol. The zero-order valence-corrected chi connectivity index (χ0v) is 14.9. The second-order valence-electron chi connectivity index (χ2n) is 5.70. The van der Waals surface area contributed by atoms with Crippen LogP contribution in [0.1, 0.15) is 33.1 Å². The first-order valence-corrected chi connectivity index (χ1v) is 10.6. The first-order chi connectivity index (χ1) is 10.7. The summed E-state index contributed by atoms with van der Waals surface area (Å²) in [7, 11) is -2.21. The van der Waals surface area contributed by atoms with E-state index in [1.165, 1.54) is 10.4 Å². The number of rotatable bonds is 7. The predicted octanol–water partition coefficient (Wildman–Crippen LogP) is 4.49. The standard InChI is InChI=1S/C20H26OSi/c1-4-12-18(13-5-2)21-22(3,19-14-8-6-9-15-19)20-16-10-7-11-17-20/h6-12,14-17H,4-5,13H2,1-3H3/b18-12-. The summed E-state index contributed by atoms with van der Waals surface area (Å²) >= 11 is 0. The number of allylic oxidation sites excluding steroid dienone is 2. The fraction of sp³-hybridized carbons (Fsp3) is 0.300. The Balaban J connectivity index is 2.44. The maximum absolute atomic E-state index is 6.69. The SMILES string of the molecule is CC/C=C(/CCC)O[Si](C)(c1ccccc1)c1ccccc1. The monoisotopic (exact) mass is 310 g/mol. The molecule has 0 bridgehead atoms. The van der Waals surface area contributed by atoms with E-state index in [9.17, 15) is 0 Å². The van der Waals surface area contributed by atoms with Crippen molar-refractivity contribution in [1.29, 1.82) is 0 Å².